The lowest BCUT2D eigenvalue weighted by Gasteiger charge is -2.14. The van der Waals surface area contributed by atoms with Gasteiger partial charge in [0, 0.05) is 0 Å². The van der Waals surface area contributed by atoms with E-state index in [0.717, 1.165) is 19.0 Å². The molecule has 0 aromatic heterocycles. The molecule has 5 heteroatoms. The summed E-state index contributed by atoms with van der Waals surface area (Å²) in [5.74, 6) is 0. The fraction of sp³-hybridized carbons (Fsp3) is 1.00. The van der Waals surface area contributed by atoms with Gasteiger partial charge in [-0.05, 0) is 6.32 Å². The predicted molar refractivity (Wildman–Crippen MR) is 59.7 cm³/mol. The second kappa shape index (κ2) is 6.49. The van der Waals surface area contributed by atoms with Crippen LogP contribution in [0.5, 0.6) is 0 Å². The third kappa shape index (κ3) is 3.64. The molecule has 0 saturated carbocycles. The molecule has 3 nitrogen and oxygen atoms in total. The molecule has 0 bridgehead atoms. The summed E-state index contributed by atoms with van der Waals surface area (Å²) in [6, 6.07) is 0. The zero-order valence-electron chi connectivity index (χ0n) is 9.49. The molecule has 1 saturated heterocycles. The summed E-state index contributed by atoms with van der Waals surface area (Å²) in [5.41, 5.74) is 0. The third-order valence-electron chi connectivity index (χ3n) is 2.57. The Hall–Kier alpha value is 0.00987. The maximum absolute atomic E-state index is 5.71. The van der Waals surface area contributed by atoms with Crippen LogP contribution in [-0.2, 0) is 14.0 Å². The lowest BCUT2D eigenvalue weighted by atomic mass is 9.62. The largest absolute Gasteiger partial charge is 0.457 e. The van der Waals surface area contributed by atoms with E-state index in [9.17, 15) is 0 Å². The van der Waals surface area contributed by atoms with Crippen molar-refractivity contribution in [2.24, 2.45) is 0 Å². The van der Waals surface area contributed by atoms with Crippen LogP contribution in [0.3, 0.4) is 0 Å². The summed E-state index contributed by atoms with van der Waals surface area (Å²) >= 11 is 0. The van der Waals surface area contributed by atoms with Gasteiger partial charge in [0.25, 0.3) is 6.92 Å². The molecule has 1 aliphatic rings. The smallest absolute Gasteiger partial charge is 0.433 e. The van der Waals surface area contributed by atoms with Crippen molar-refractivity contribution < 1.29 is 14.0 Å². The molecular weight excluding hydrogens is 178 g/mol. The quantitative estimate of drug-likeness (QED) is 0.610. The van der Waals surface area contributed by atoms with E-state index in [1.54, 1.807) is 0 Å². The van der Waals surface area contributed by atoms with Gasteiger partial charge in [-0.1, -0.05) is 33.4 Å². The SMILES string of the molecule is CCB(CC)OC[C@@H]1COB(CC)O1. The van der Waals surface area contributed by atoms with Crippen LogP contribution in [0.2, 0.25) is 19.0 Å². The number of hydrogen-bond acceptors (Lipinski definition) is 3. The molecule has 0 spiro atoms. The maximum Gasteiger partial charge on any atom is 0.457 e. The molecule has 0 aromatic carbocycles. The van der Waals surface area contributed by atoms with Gasteiger partial charge in [0.05, 0.1) is 19.3 Å². The third-order valence-corrected chi connectivity index (χ3v) is 2.57. The molecule has 0 unspecified atom stereocenters. The van der Waals surface area contributed by atoms with Crippen LogP contribution < -0.4 is 0 Å². The average molecular weight is 198 g/mol. The van der Waals surface area contributed by atoms with E-state index in [-0.39, 0.29) is 13.2 Å². The van der Waals surface area contributed by atoms with E-state index in [0.29, 0.717) is 20.1 Å². The molecule has 0 amide bonds. The van der Waals surface area contributed by atoms with Crippen LogP contribution in [0.25, 0.3) is 0 Å². The Morgan fingerprint density at radius 3 is 2.57 bits per heavy atom. The molecular formula is C9H20B2O3. The van der Waals surface area contributed by atoms with Crippen LogP contribution in [0.4, 0.5) is 0 Å². The summed E-state index contributed by atoms with van der Waals surface area (Å²) in [5, 5.41) is 0. The van der Waals surface area contributed by atoms with Crippen LogP contribution >= 0.6 is 0 Å². The van der Waals surface area contributed by atoms with Gasteiger partial charge in [0.15, 0.2) is 0 Å². The highest BCUT2D eigenvalue weighted by atomic mass is 16.7. The summed E-state index contributed by atoms with van der Waals surface area (Å²) < 4.78 is 16.7. The predicted octanol–water partition coefficient (Wildman–Crippen LogP) is 1.96. The van der Waals surface area contributed by atoms with Gasteiger partial charge < -0.3 is 14.0 Å². The first-order valence-corrected chi connectivity index (χ1v) is 5.68. The first kappa shape index (κ1) is 12.1. The lowest BCUT2D eigenvalue weighted by molar-refractivity contribution is 0.146. The summed E-state index contributed by atoms with van der Waals surface area (Å²) in [7, 11) is -0.00898. The number of rotatable bonds is 6. The molecule has 1 rings (SSSR count). The number of hydrogen-bond donors (Lipinski definition) is 0. The highest BCUT2D eigenvalue weighted by molar-refractivity contribution is 6.51. The minimum Gasteiger partial charge on any atom is -0.433 e. The first-order valence-electron chi connectivity index (χ1n) is 5.68. The van der Waals surface area contributed by atoms with E-state index >= 15 is 0 Å². The van der Waals surface area contributed by atoms with Crippen molar-refractivity contribution in [3.05, 3.63) is 0 Å². The second-order valence-electron chi connectivity index (χ2n) is 3.70. The molecule has 0 aliphatic carbocycles. The van der Waals surface area contributed by atoms with Crippen LogP contribution in [0.15, 0.2) is 0 Å². The Balaban J connectivity index is 2.13. The second-order valence-corrected chi connectivity index (χ2v) is 3.70. The van der Waals surface area contributed by atoms with Crippen molar-refractivity contribution in [1.82, 2.24) is 0 Å². The molecule has 0 aromatic rings. The van der Waals surface area contributed by atoms with Crippen molar-refractivity contribution >= 4 is 14.0 Å². The first-order chi connectivity index (χ1) is 6.80. The fourth-order valence-corrected chi connectivity index (χ4v) is 1.58. The normalized spacial score (nSPS) is 21.6. The summed E-state index contributed by atoms with van der Waals surface area (Å²) in [6.07, 6.45) is 3.20. The maximum atomic E-state index is 5.71. The highest BCUT2D eigenvalue weighted by Gasteiger charge is 2.29. The van der Waals surface area contributed by atoms with E-state index in [2.05, 4.69) is 20.8 Å². The Kier molecular flexibility index (Phi) is 5.60. The lowest BCUT2D eigenvalue weighted by Crippen LogP contribution is -2.26. The van der Waals surface area contributed by atoms with Crippen LogP contribution in [-0.4, -0.2) is 33.4 Å². The minimum atomic E-state index is -0.00898. The zero-order valence-corrected chi connectivity index (χ0v) is 9.49. The standard InChI is InChI=1S/C9H20B2O3/c1-4-10(5-2)12-7-9-8-13-11(6-3)14-9/h9H,4-8H2,1-3H3/t9-/m1/s1. The molecule has 14 heavy (non-hydrogen) atoms. The van der Waals surface area contributed by atoms with Gasteiger partial charge in [-0.15, -0.1) is 0 Å². The van der Waals surface area contributed by atoms with Crippen molar-refractivity contribution in [3.8, 4) is 0 Å². The van der Waals surface area contributed by atoms with Crippen LogP contribution in [0.1, 0.15) is 20.8 Å². The average Bonchev–Trinajstić information content (AvgIpc) is 2.67. The molecule has 1 fully saturated rings. The fourth-order valence-electron chi connectivity index (χ4n) is 1.58. The Morgan fingerprint density at radius 2 is 2.07 bits per heavy atom. The molecule has 0 radical (unpaired) electrons. The molecule has 1 heterocycles. The zero-order chi connectivity index (χ0) is 10.4. The van der Waals surface area contributed by atoms with Gasteiger partial charge in [-0.25, -0.2) is 0 Å². The van der Waals surface area contributed by atoms with E-state index < -0.39 is 0 Å². The van der Waals surface area contributed by atoms with Crippen molar-refractivity contribution in [2.45, 2.75) is 45.8 Å². The van der Waals surface area contributed by atoms with Crippen molar-refractivity contribution in [3.63, 3.8) is 0 Å². The molecule has 80 valence electrons. The van der Waals surface area contributed by atoms with Crippen molar-refractivity contribution in [2.75, 3.05) is 13.2 Å². The van der Waals surface area contributed by atoms with Gasteiger partial charge in [0.1, 0.15) is 0 Å². The minimum absolute atomic E-state index is 0.00898. The Morgan fingerprint density at radius 1 is 1.36 bits per heavy atom. The van der Waals surface area contributed by atoms with E-state index in [4.69, 9.17) is 14.0 Å². The monoisotopic (exact) mass is 198 g/mol. The van der Waals surface area contributed by atoms with Crippen LogP contribution in [0, 0.1) is 0 Å². The molecule has 1 atom stereocenters. The van der Waals surface area contributed by atoms with Gasteiger partial charge in [-0.3, -0.25) is 0 Å². The summed E-state index contributed by atoms with van der Waals surface area (Å²) in [4.78, 5) is 0. The molecule has 1 aliphatic heterocycles. The Labute approximate surface area is 87.7 Å². The van der Waals surface area contributed by atoms with Gasteiger partial charge in [0.2, 0.25) is 0 Å². The van der Waals surface area contributed by atoms with Gasteiger partial charge >= 0.3 is 7.12 Å². The summed E-state index contributed by atoms with van der Waals surface area (Å²) in [6.45, 7) is 8.08. The van der Waals surface area contributed by atoms with E-state index in [1.165, 1.54) is 0 Å². The highest BCUT2D eigenvalue weighted by Crippen LogP contribution is 2.12. The topological polar surface area (TPSA) is 27.7 Å². The van der Waals surface area contributed by atoms with Gasteiger partial charge in [-0.2, -0.15) is 0 Å². The van der Waals surface area contributed by atoms with Crippen molar-refractivity contribution in [1.29, 1.82) is 0 Å². The Bertz CT molecular complexity index is 153. The van der Waals surface area contributed by atoms with E-state index in [1.807, 2.05) is 0 Å². The molecule has 0 N–H and O–H groups in total.